The first-order valence-corrected chi connectivity index (χ1v) is 12.4. The fourth-order valence-electron chi connectivity index (χ4n) is 4.19. The molecule has 5 rings (SSSR count). The third-order valence-corrected chi connectivity index (χ3v) is 7.63. The van der Waals surface area contributed by atoms with Gasteiger partial charge in [0.05, 0.1) is 23.1 Å². The molecule has 10 heteroatoms. The van der Waals surface area contributed by atoms with Gasteiger partial charge in [-0.25, -0.2) is 4.98 Å². The fraction of sp³-hybridized carbons (Fsp3) is 0.160. The van der Waals surface area contributed by atoms with Crippen LogP contribution in [0, 0.1) is 5.92 Å². The van der Waals surface area contributed by atoms with Crippen molar-refractivity contribution in [2.75, 3.05) is 5.32 Å². The molecule has 2 unspecified atom stereocenters. The Balaban J connectivity index is 1.33. The summed E-state index contributed by atoms with van der Waals surface area (Å²) in [6.45, 7) is 0. The van der Waals surface area contributed by atoms with Gasteiger partial charge in [0, 0.05) is 38.8 Å². The summed E-state index contributed by atoms with van der Waals surface area (Å²) >= 11 is 31.4. The minimum atomic E-state index is -1.31. The van der Waals surface area contributed by atoms with E-state index in [0.717, 1.165) is 5.39 Å². The van der Waals surface area contributed by atoms with E-state index in [-0.39, 0.29) is 22.8 Å². The first-order valence-electron chi connectivity index (χ1n) is 10.5. The van der Waals surface area contributed by atoms with E-state index in [1.54, 1.807) is 42.6 Å². The van der Waals surface area contributed by atoms with Gasteiger partial charge in [-0.3, -0.25) is 9.59 Å². The van der Waals surface area contributed by atoms with Gasteiger partial charge in [-0.05, 0) is 60.2 Å². The molecule has 4 aromatic rings. The van der Waals surface area contributed by atoms with Crippen LogP contribution in [0.25, 0.3) is 11.0 Å². The highest BCUT2D eigenvalue weighted by Crippen LogP contribution is 2.65. The molecule has 2 aromatic heterocycles. The van der Waals surface area contributed by atoms with E-state index in [1.165, 1.54) is 6.07 Å². The van der Waals surface area contributed by atoms with E-state index in [0.29, 0.717) is 32.6 Å². The normalized spacial score (nSPS) is 18.4. The van der Waals surface area contributed by atoms with Crippen molar-refractivity contribution in [2.45, 2.75) is 16.7 Å². The number of Topliss-reactive ketones (excluding diaryl/α,β-unsaturated/α-hetero) is 1. The molecule has 2 aromatic carbocycles. The highest BCUT2D eigenvalue weighted by molar-refractivity contribution is 6.53. The maximum atomic E-state index is 13.0. The van der Waals surface area contributed by atoms with E-state index >= 15 is 0 Å². The van der Waals surface area contributed by atoms with Crippen molar-refractivity contribution in [2.24, 2.45) is 5.92 Å². The Labute approximate surface area is 225 Å². The Morgan fingerprint density at radius 3 is 2.46 bits per heavy atom. The number of carbonyl (C=O) groups is 2. The van der Waals surface area contributed by atoms with E-state index in [4.69, 9.17) is 58.0 Å². The summed E-state index contributed by atoms with van der Waals surface area (Å²) in [5.74, 6) is -1.83. The van der Waals surface area contributed by atoms with Crippen molar-refractivity contribution >= 4 is 86.4 Å². The van der Waals surface area contributed by atoms with E-state index in [2.05, 4.69) is 15.3 Å². The highest BCUT2D eigenvalue weighted by Gasteiger charge is 2.67. The molecule has 0 spiro atoms. The Morgan fingerprint density at radius 2 is 1.71 bits per heavy atom. The standard InChI is InChI=1S/C25H16Cl5N3O2/c26-14-7-13(8-15(27)9-14)21-22(25(21,29)30)24(35)33-16-3-4-19(28)18(10-16)20(34)11-17-2-1-12-5-6-31-23(12)32-17/h1-10,21-22H,11H2,(H,31,32)(H,33,35). The van der Waals surface area contributed by atoms with E-state index in [9.17, 15) is 9.59 Å². The van der Waals surface area contributed by atoms with Crippen LogP contribution in [0.5, 0.6) is 0 Å². The van der Waals surface area contributed by atoms with Crippen molar-refractivity contribution in [3.05, 3.63) is 92.7 Å². The zero-order valence-corrected chi connectivity index (χ0v) is 21.6. The Bertz CT molecular complexity index is 1460. The number of H-pyrrole nitrogens is 1. The number of pyridine rings is 1. The third kappa shape index (κ3) is 4.89. The van der Waals surface area contributed by atoms with E-state index < -0.39 is 22.1 Å². The summed E-state index contributed by atoms with van der Waals surface area (Å²) < 4.78 is -1.31. The van der Waals surface area contributed by atoms with Crippen LogP contribution >= 0.6 is 58.0 Å². The second-order valence-corrected chi connectivity index (χ2v) is 11.1. The second-order valence-electron chi connectivity index (χ2n) is 8.33. The van der Waals surface area contributed by atoms with Crippen LogP contribution in [-0.2, 0) is 11.2 Å². The number of benzene rings is 2. The zero-order chi connectivity index (χ0) is 24.9. The number of hydrogen-bond donors (Lipinski definition) is 2. The molecule has 0 radical (unpaired) electrons. The number of hydrogen-bond acceptors (Lipinski definition) is 3. The molecule has 1 saturated carbocycles. The smallest absolute Gasteiger partial charge is 0.231 e. The highest BCUT2D eigenvalue weighted by atomic mass is 35.5. The first kappa shape index (κ1) is 24.4. The molecule has 35 heavy (non-hydrogen) atoms. The van der Waals surface area contributed by atoms with E-state index in [1.807, 2.05) is 12.1 Å². The molecule has 1 fully saturated rings. The molecule has 1 aliphatic rings. The first-order chi connectivity index (χ1) is 16.6. The summed E-state index contributed by atoms with van der Waals surface area (Å²) in [7, 11) is 0. The van der Waals surface area contributed by atoms with Crippen LogP contribution in [0.1, 0.15) is 27.5 Å². The van der Waals surface area contributed by atoms with Crippen molar-refractivity contribution in [1.82, 2.24) is 9.97 Å². The predicted molar refractivity (Wildman–Crippen MR) is 141 cm³/mol. The Hall–Kier alpha value is -2.28. The van der Waals surface area contributed by atoms with Gasteiger partial charge < -0.3 is 10.3 Å². The number of aromatic nitrogens is 2. The number of aromatic amines is 1. The van der Waals surface area contributed by atoms with Gasteiger partial charge >= 0.3 is 0 Å². The molecule has 2 N–H and O–H groups in total. The van der Waals surface area contributed by atoms with Gasteiger partial charge in [0.15, 0.2) is 5.78 Å². The van der Waals surface area contributed by atoms with Crippen LogP contribution in [0.15, 0.2) is 60.8 Å². The lowest BCUT2D eigenvalue weighted by atomic mass is 10.0. The molecule has 2 atom stereocenters. The lowest BCUT2D eigenvalue weighted by molar-refractivity contribution is -0.117. The van der Waals surface area contributed by atoms with Gasteiger partial charge in [0.2, 0.25) is 5.91 Å². The van der Waals surface area contributed by atoms with Crippen LogP contribution in [-0.4, -0.2) is 26.0 Å². The Morgan fingerprint density at radius 1 is 0.971 bits per heavy atom. The largest absolute Gasteiger partial charge is 0.346 e. The third-order valence-electron chi connectivity index (χ3n) is 5.92. The number of nitrogens with zero attached hydrogens (tertiary/aromatic N) is 1. The summed E-state index contributed by atoms with van der Waals surface area (Å²) in [6.07, 6.45) is 1.84. The zero-order valence-electron chi connectivity index (χ0n) is 17.8. The molecule has 0 bridgehead atoms. The number of ketones is 1. The van der Waals surface area contributed by atoms with Gasteiger partial charge in [0.25, 0.3) is 0 Å². The summed E-state index contributed by atoms with van der Waals surface area (Å²) in [5.41, 5.74) is 2.65. The molecule has 1 aliphatic carbocycles. The average molecular weight is 568 g/mol. The molecule has 0 saturated heterocycles. The number of rotatable bonds is 6. The summed E-state index contributed by atoms with van der Waals surface area (Å²) in [6, 6.07) is 15.2. The summed E-state index contributed by atoms with van der Waals surface area (Å²) in [4.78, 5) is 33.5. The number of halogens is 5. The fourth-order valence-corrected chi connectivity index (χ4v) is 5.78. The molecule has 178 valence electrons. The lowest BCUT2D eigenvalue weighted by Crippen LogP contribution is -2.17. The maximum Gasteiger partial charge on any atom is 0.231 e. The monoisotopic (exact) mass is 565 g/mol. The van der Waals surface area contributed by atoms with Crippen molar-refractivity contribution in [1.29, 1.82) is 0 Å². The molecular weight excluding hydrogens is 552 g/mol. The number of fused-ring (bicyclic) bond motifs is 1. The number of nitrogens with one attached hydrogen (secondary N) is 2. The summed E-state index contributed by atoms with van der Waals surface area (Å²) in [5, 5.41) is 4.87. The second kappa shape index (κ2) is 9.30. The molecule has 5 nitrogen and oxygen atoms in total. The van der Waals surface area contributed by atoms with Gasteiger partial charge in [-0.15, -0.1) is 23.2 Å². The topological polar surface area (TPSA) is 74.8 Å². The molecule has 2 heterocycles. The van der Waals surface area contributed by atoms with Crippen LogP contribution in [0.2, 0.25) is 15.1 Å². The predicted octanol–water partition coefficient (Wildman–Crippen LogP) is 7.47. The van der Waals surface area contributed by atoms with Gasteiger partial charge in [-0.1, -0.05) is 34.8 Å². The van der Waals surface area contributed by atoms with Crippen molar-refractivity contribution < 1.29 is 9.59 Å². The number of amides is 1. The molecule has 0 aliphatic heterocycles. The van der Waals surface area contributed by atoms with Crippen molar-refractivity contribution in [3.8, 4) is 0 Å². The number of anilines is 1. The van der Waals surface area contributed by atoms with Gasteiger partial charge in [0.1, 0.15) is 9.98 Å². The quantitative estimate of drug-likeness (QED) is 0.187. The molecule has 1 amide bonds. The number of alkyl halides is 2. The average Bonchev–Trinajstić information content (AvgIpc) is 3.11. The maximum absolute atomic E-state index is 13.0. The van der Waals surface area contributed by atoms with Gasteiger partial charge in [-0.2, -0.15) is 0 Å². The lowest BCUT2D eigenvalue weighted by Gasteiger charge is -2.09. The Kier molecular flexibility index (Phi) is 6.49. The van der Waals surface area contributed by atoms with Crippen molar-refractivity contribution in [3.63, 3.8) is 0 Å². The van der Waals surface area contributed by atoms with Crippen LogP contribution < -0.4 is 5.32 Å². The number of carbonyl (C=O) groups excluding carboxylic acids is 2. The minimum absolute atomic E-state index is 0.0543. The van der Waals surface area contributed by atoms with Crippen LogP contribution in [0.3, 0.4) is 0 Å². The SMILES string of the molecule is O=C(Cc1ccc2cc[nH]c2n1)c1cc(NC(=O)C2C(c3cc(Cl)cc(Cl)c3)C2(Cl)Cl)ccc1Cl. The molecular formula is C25H16Cl5N3O2. The minimum Gasteiger partial charge on any atom is -0.346 e. The van der Waals surface area contributed by atoms with Crippen LogP contribution in [0.4, 0.5) is 5.69 Å².